The van der Waals surface area contributed by atoms with Crippen molar-refractivity contribution in [3.05, 3.63) is 17.8 Å². The number of aromatic nitrogens is 1. The molecule has 5 heteroatoms. The first-order valence-electron chi connectivity index (χ1n) is 4.50. The Morgan fingerprint density at radius 2 is 2.43 bits per heavy atom. The van der Waals surface area contributed by atoms with Gasteiger partial charge in [-0.15, -0.1) is 0 Å². The first kappa shape index (κ1) is 9.21. The zero-order valence-electron chi connectivity index (χ0n) is 7.77. The summed E-state index contributed by atoms with van der Waals surface area (Å²) in [5.41, 5.74) is -0.0379. The Hall–Kier alpha value is -1.36. The highest BCUT2D eigenvalue weighted by Gasteiger charge is 2.30. The molecule has 0 amide bonds. The lowest BCUT2D eigenvalue weighted by Crippen LogP contribution is -2.06. The number of aromatic carboxylic acids is 1. The van der Waals surface area contributed by atoms with E-state index in [0.29, 0.717) is 5.76 Å². The number of oxazole rings is 1. The van der Waals surface area contributed by atoms with E-state index in [4.69, 9.17) is 14.3 Å². The maximum Gasteiger partial charge on any atom is 0.358 e. The van der Waals surface area contributed by atoms with Gasteiger partial charge in [0.25, 0.3) is 0 Å². The number of carboxylic acid groups (broad SMARTS) is 1. The first-order valence-corrected chi connectivity index (χ1v) is 4.50. The van der Waals surface area contributed by atoms with Crippen LogP contribution in [-0.4, -0.2) is 22.2 Å². The summed E-state index contributed by atoms with van der Waals surface area (Å²) in [5.74, 6) is -0.737. The Labute approximate surface area is 80.7 Å². The molecule has 1 aromatic rings. The van der Waals surface area contributed by atoms with E-state index in [0.717, 1.165) is 19.2 Å². The Morgan fingerprint density at radius 1 is 1.64 bits per heavy atom. The van der Waals surface area contributed by atoms with E-state index < -0.39 is 5.97 Å². The van der Waals surface area contributed by atoms with Gasteiger partial charge in [0.15, 0.2) is 17.8 Å². The fourth-order valence-corrected chi connectivity index (χ4v) is 1.64. The quantitative estimate of drug-likeness (QED) is 0.779. The van der Waals surface area contributed by atoms with Crippen LogP contribution in [0.5, 0.6) is 0 Å². The predicted molar refractivity (Wildman–Crippen MR) is 46.0 cm³/mol. The van der Waals surface area contributed by atoms with Gasteiger partial charge in [0.1, 0.15) is 6.10 Å². The van der Waals surface area contributed by atoms with Crippen LogP contribution in [0.25, 0.3) is 0 Å². The molecule has 2 unspecified atom stereocenters. The van der Waals surface area contributed by atoms with E-state index in [9.17, 15) is 4.79 Å². The molecule has 0 radical (unpaired) electrons. The fourth-order valence-electron chi connectivity index (χ4n) is 1.64. The molecule has 1 saturated heterocycles. The Kier molecular flexibility index (Phi) is 2.25. The van der Waals surface area contributed by atoms with Crippen LogP contribution < -0.4 is 0 Å². The van der Waals surface area contributed by atoms with Gasteiger partial charge in [0.05, 0.1) is 6.10 Å². The van der Waals surface area contributed by atoms with Crippen molar-refractivity contribution in [3.63, 3.8) is 0 Å². The molecule has 2 rings (SSSR count). The number of ether oxygens (including phenoxy) is 1. The summed E-state index contributed by atoms with van der Waals surface area (Å²) in [6.45, 7) is 1.96. The number of hydrogen-bond acceptors (Lipinski definition) is 4. The van der Waals surface area contributed by atoms with E-state index in [-0.39, 0.29) is 17.9 Å². The molecule has 2 heterocycles. The van der Waals surface area contributed by atoms with Crippen LogP contribution in [0.3, 0.4) is 0 Å². The minimum atomic E-state index is -1.07. The topological polar surface area (TPSA) is 72.6 Å². The van der Waals surface area contributed by atoms with Gasteiger partial charge in [-0.25, -0.2) is 9.78 Å². The monoisotopic (exact) mass is 197 g/mol. The van der Waals surface area contributed by atoms with Crippen molar-refractivity contribution in [2.24, 2.45) is 0 Å². The van der Waals surface area contributed by atoms with Crippen molar-refractivity contribution >= 4 is 5.97 Å². The third kappa shape index (κ3) is 1.50. The number of carbonyl (C=O) groups is 1. The maximum absolute atomic E-state index is 10.7. The minimum Gasteiger partial charge on any atom is -0.476 e. The smallest absolute Gasteiger partial charge is 0.358 e. The lowest BCUT2D eigenvalue weighted by atomic mass is 10.1. The largest absolute Gasteiger partial charge is 0.476 e. The summed E-state index contributed by atoms with van der Waals surface area (Å²) in [7, 11) is 0. The molecule has 0 bridgehead atoms. The molecule has 1 aromatic heterocycles. The van der Waals surface area contributed by atoms with Crippen LogP contribution in [0.2, 0.25) is 0 Å². The molecule has 0 saturated carbocycles. The molecule has 1 aliphatic heterocycles. The molecule has 76 valence electrons. The second kappa shape index (κ2) is 3.42. The maximum atomic E-state index is 10.7. The highest BCUT2D eigenvalue weighted by Crippen LogP contribution is 2.33. The molecule has 14 heavy (non-hydrogen) atoms. The summed E-state index contributed by atoms with van der Waals surface area (Å²) in [5, 5.41) is 8.80. The first-order chi connectivity index (χ1) is 6.68. The molecule has 0 spiro atoms. The van der Waals surface area contributed by atoms with Crippen molar-refractivity contribution in [1.29, 1.82) is 0 Å². The van der Waals surface area contributed by atoms with Crippen molar-refractivity contribution in [2.45, 2.75) is 32.0 Å². The number of rotatable bonds is 2. The van der Waals surface area contributed by atoms with E-state index in [1.165, 1.54) is 0 Å². The lowest BCUT2D eigenvalue weighted by molar-refractivity contribution is 0.0399. The van der Waals surface area contributed by atoms with Crippen molar-refractivity contribution in [2.75, 3.05) is 0 Å². The Balaban J connectivity index is 2.23. The second-order valence-electron chi connectivity index (χ2n) is 3.38. The van der Waals surface area contributed by atoms with Gasteiger partial charge >= 0.3 is 5.97 Å². The minimum absolute atomic E-state index is 0.0379. The standard InChI is InChI=1S/C9H11NO4/c1-5-2-3-6(14-5)8-7(9(11)12)10-4-13-8/h4-6H,2-3H2,1H3,(H,11,12). The van der Waals surface area contributed by atoms with Crippen LogP contribution >= 0.6 is 0 Å². The Bertz CT molecular complexity index is 346. The molecule has 0 aromatic carbocycles. The average Bonchev–Trinajstić information content (AvgIpc) is 2.70. The van der Waals surface area contributed by atoms with Crippen LogP contribution in [0.4, 0.5) is 0 Å². The van der Waals surface area contributed by atoms with E-state index in [2.05, 4.69) is 4.98 Å². The van der Waals surface area contributed by atoms with Crippen LogP contribution in [0.1, 0.15) is 42.1 Å². The second-order valence-corrected chi connectivity index (χ2v) is 3.38. The van der Waals surface area contributed by atoms with Crippen LogP contribution in [-0.2, 0) is 4.74 Å². The zero-order valence-corrected chi connectivity index (χ0v) is 7.77. The van der Waals surface area contributed by atoms with Gasteiger partial charge in [0, 0.05) is 0 Å². The molecule has 1 N–H and O–H groups in total. The fraction of sp³-hybridized carbons (Fsp3) is 0.556. The zero-order chi connectivity index (χ0) is 10.1. The number of carboxylic acids is 1. The van der Waals surface area contributed by atoms with Gasteiger partial charge in [-0.1, -0.05) is 0 Å². The normalized spacial score (nSPS) is 26.6. The van der Waals surface area contributed by atoms with Crippen molar-refractivity contribution in [3.8, 4) is 0 Å². The number of nitrogens with zero attached hydrogens (tertiary/aromatic N) is 1. The SMILES string of the molecule is CC1CCC(c2ocnc2C(=O)O)O1. The summed E-state index contributed by atoms with van der Waals surface area (Å²) in [6, 6.07) is 0. The van der Waals surface area contributed by atoms with Gasteiger partial charge in [0.2, 0.25) is 0 Å². The third-order valence-corrected chi connectivity index (χ3v) is 2.32. The summed E-state index contributed by atoms with van der Waals surface area (Å²) in [6.07, 6.45) is 2.76. The van der Waals surface area contributed by atoms with Crippen molar-refractivity contribution in [1.82, 2.24) is 4.98 Å². The van der Waals surface area contributed by atoms with Gasteiger partial charge in [-0.2, -0.15) is 0 Å². The van der Waals surface area contributed by atoms with Gasteiger partial charge in [-0.05, 0) is 19.8 Å². The lowest BCUT2D eigenvalue weighted by Gasteiger charge is -2.07. The molecule has 1 aliphatic rings. The van der Waals surface area contributed by atoms with E-state index in [1.807, 2.05) is 6.92 Å². The van der Waals surface area contributed by atoms with E-state index >= 15 is 0 Å². The third-order valence-electron chi connectivity index (χ3n) is 2.32. The predicted octanol–water partition coefficient (Wildman–Crippen LogP) is 1.61. The number of hydrogen-bond donors (Lipinski definition) is 1. The van der Waals surface area contributed by atoms with Crippen molar-refractivity contribution < 1.29 is 19.1 Å². The summed E-state index contributed by atoms with van der Waals surface area (Å²) < 4.78 is 10.5. The van der Waals surface area contributed by atoms with Gasteiger partial charge < -0.3 is 14.3 Å². The van der Waals surface area contributed by atoms with Crippen LogP contribution in [0.15, 0.2) is 10.8 Å². The van der Waals surface area contributed by atoms with Gasteiger partial charge in [-0.3, -0.25) is 0 Å². The molecule has 1 fully saturated rings. The highest BCUT2D eigenvalue weighted by molar-refractivity contribution is 5.86. The summed E-state index contributed by atoms with van der Waals surface area (Å²) >= 11 is 0. The van der Waals surface area contributed by atoms with E-state index in [1.54, 1.807) is 0 Å². The average molecular weight is 197 g/mol. The van der Waals surface area contributed by atoms with Crippen LogP contribution in [0, 0.1) is 0 Å². The Morgan fingerprint density at radius 3 is 3.00 bits per heavy atom. The summed E-state index contributed by atoms with van der Waals surface area (Å²) in [4.78, 5) is 14.4. The molecular formula is C9H11NO4. The molecular weight excluding hydrogens is 186 g/mol. The molecule has 0 aliphatic carbocycles. The highest BCUT2D eigenvalue weighted by atomic mass is 16.5. The molecule has 2 atom stereocenters. The molecule has 5 nitrogen and oxygen atoms in total.